The number of aliphatic hydroxyl groups excluding tert-OH is 2. The molecule has 2 fully saturated rings. The second-order valence-electron chi connectivity index (χ2n) is 11.1. The molecule has 0 radical (unpaired) electrons. The second-order valence-corrected chi connectivity index (χ2v) is 13.3. The van der Waals surface area contributed by atoms with Crippen molar-refractivity contribution in [1.29, 1.82) is 0 Å². The molecule has 2 heterocycles. The van der Waals surface area contributed by atoms with Crippen LogP contribution in [-0.2, 0) is 0 Å². The van der Waals surface area contributed by atoms with E-state index in [9.17, 15) is 25.3 Å². The Morgan fingerprint density at radius 3 is 1.89 bits per heavy atom. The van der Waals surface area contributed by atoms with Crippen LogP contribution in [0.2, 0.25) is 5.02 Å². The van der Waals surface area contributed by atoms with Gasteiger partial charge in [-0.3, -0.25) is 20.2 Å². The van der Waals surface area contributed by atoms with Crippen LogP contribution in [0, 0.1) is 20.2 Å². The Morgan fingerprint density at radius 1 is 0.822 bits per heavy atom. The highest BCUT2D eigenvalue weighted by Gasteiger charge is 2.25. The summed E-state index contributed by atoms with van der Waals surface area (Å²) in [6, 6.07) is 11.1. The number of rotatable bonds is 4. The molecule has 2 saturated carbocycles. The minimum atomic E-state index is -0.546. The number of aliphatic hydroxyl groups is 2. The number of benzene rings is 2. The summed E-state index contributed by atoms with van der Waals surface area (Å²) >= 11 is 12.6. The number of nitrogens with two attached hydrogens (primary N) is 1. The lowest BCUT2D eigenvalue weighted by molar-refractivity contribution is -0.384. The molecule has 4 atom stereocenters. The van der Waals surface area contributed by atoms with Crippen molar-refractivity contribution in [2.75, 3.05) is 5.32 Å². The van der Waals surface area contributed by atoms with Gasteiger partial charge in [0.2, 0.25) is 0 Å². The molecule has 45 heavy (non-hydrogen) atoms. The van der Waals surface area contributed by atoms with Gasteiger partial charge in [0.15, 0.2) is 0 Å². The summed E-state index contributed by atoms with van der Waals surface area (Å²) in [6.07, 6.45) is 9.16. The van der Waals surface area contributed by atoms with Crippen LogP contribution >= 0.6 is 43.5 Å². The standard InChI is InChI=1S/C15H16BrN3O3.C9H4BrClN2O2.C6H13NO/c16-9-4-5-13-12(6-9)15(14(8-17-13)19(21)22)18-10-2-1-3-11(20)7-10;10-5-1-2-7-6(3-5)9(11)8(4-12-7)13(14)15;7-5-2-1-3-6(8)4-5/h4-6,8,10-11,20H,1-3,7H2,(H,17,18);1-4H;5-6,8H,1-4,7H2. The average Bonchev–Trinajstić information content (AvgIpc) is 2.98. The van der Waals surface area contributed by atoms with E-state index in [4.69, 9.17) is 22.4 Å². The summed E-state index contributed by atoms with van der Waals surface area (Å²) < 4.78 is 1.65. The summed E-state index contributed by atoms with van der Waals surface area (Å²) in [5, 5.41) is 45.4. The topological polar surface area (TPSA) is 191 Å². The number of aromatic nitrogens is 2. The zero-order valence-corrected chi connectivity index (χ0v) is 28.0. The van der Waals surface area contributed by atoms with Crippen molar-refractivity contribution in [3.8, 4) is 0 Å². The Kier molecular flexibility index (Phi) is 12.4. The fourth-order valence-electron chi connectivity index (χ4n) is 5.39. The average molecular weight is 769 g/mol. The van der Waals surface area contributed by atoms with Gasteiger partial charge in [0.1, 0.15) is 23.1 Å². The van der Waals surface area contributed by atoms with Crippen molar-refractivity contribution >= 4 is 82.3 Å². The number of anilines is 1. The van der Waals surface area contributed by atoms with Crippen LogP contribution < -0.4 is 11.1 Å². The molecule has 4 aromatic rings. The van der Waals surface area contributed by atoms with Gasteiger partial charge in [-0.15, -0.1) is 0 Å². The van der Waals surface area contributed by atoms with E-state index in [2.05, 4.69) is 47.1 Å². The first-order chi connectivity index (χ1) is 21.4. The lowest BCUT2D eigenvalue weighted by atomic mass is 9.92. The summed E-state index contributed by atoms with van der Waals surface area (Å²) in [4.78, 5) is 29.1. The van der Waals surface area contributed by atoms with Crippen LogP contribution in [0.1, 0.15) is 51.4 Å². The van der Waals surface area contributed by atoms with Gasteiger partial charge in [-0.2, -0.15) is 0 Å². The van der Waals surface area contributed by atoms with Crippen molar-refractivity contribution in [1.82, 2.24) is 9.97 Å². The molecule has 12 nitrogen and oxygen atoms in total. The van der Waals surface area contributed by atoms with Crippen molar-refractivity contribution in [2.45, 2.75) is 75.7 Å². The molecule has 0 spiro atoms. The summed E-state index contributed by atoms with van der Waals surface area (Å²) in [5.41, 5.74) is 7.17. The molecule has 2 aromatic heterocycles. The molecule has 0 aliphatic heterocycles. The van der Waals surface area contributed by atoms with E-state index in [0.29, 0.717) is 33.9 Å². The predicted octanol–water partition coefficient (Wildman–Crippen LogP) is 7.43. The fourth-order valence-corrected chi connectivity index (χ4v) is 6.39. The van der Waals surface area contributed by atoms with Crippen molar-refractivity contribution < 1.29 is 20.1 Å². The van der Waals surface area contributed by atoms with Crippen LogP contribution in [0.3, 0.4) is 0 Å². The zero-order valence-electron chi connectivity index (χ0n) is 24.1. The van der Waals surface area contributed by atoms with E-state index in [-0.39, 0.29) is 40.7 Å². The van der Waals surface area contributed by atoms with E-state index in [1.165, 1.54) is 12.4 Å². The molecular formula is C30H33Br2ClN6O6. The summed E-state index contributed by atoms with van der Waals surface area (Å²) in [7, 11) is 0. The van der Waals surface area contributed by atoms with Crippen molar-refractivity contribution in [2.24, 2.45) is 5.73 Å². The molecule has 0 saturated heterocycles. The molecule has 6 rings (SSSR count). The zero-order chi connectivity index (χ0) is 32.7. The molecule has 5 N–H and O–H groups in total. The fraction of sp³-hybridized carbons (Fsp3) is 0.400. The van der Waals surface area contributed by atoms with Gasteiger partial charge < -0.3 is 21.3 Å². The van der Waals surface area contributed by atoms with Gasteiger partial charge in [-0.1, -0.05) is 43.5 Å². The number of nitro groups is 2. The number of nitrogens with zero attached hydrogens (tertiary/aromatic N) is 4. The van der Waals surface area contributed by atoms with E-state index >= 15 is 0 Å². The smallest absolute Gasteiger partial charge is 0.311 e. The largest absolute Gasteiger partial charge is 0.393 e. The predicted molar refractivity (Wildman–Crippen MR) is 182 cm³/mol. The van der Waals surface area contributed by atoms with Gasteiger partial charge in [-0.05, 0) is 87.8 Å². The van der Waals surface area contributed by atoms with E-state index in [1.807, 2.05) is 18.2 Å². The van der Waals surface area contributed by atoms with E-state index in [0.717, 1.165) is 53.9 Å². The van der Waals surface area contributed by atoms with Crippen molar-refractivity contribution in [3.05, 3.63) is 83.0 Å². The molecule has 4 unspecified atom stereocenters. The first-order valence-corrected chi connectivity index (χ1v) is 16.4. The minimum Gasteiger partial charge on any atom is -0.393 e. The number of hydrogen-bond acceptors (Lipinski definition) is 10. The Bertz CT molecular complexity index is 1670. The number of nitrogens with one attached hydrogen (secondary N) is 1. The highest BCUT2D eigenvalue weighted by Crippen LogP contribution is 2.36. The first-order valence-electron chi connectivity index (χ1n) is 14.4. The summed E-state index contributed by atoms with van der Waals surface area (Å²) in [5.74, 6) is 0. The highest BCUT2D eigenvalue weighted by atomic mass is 79.9. The molecule has 0 bridgehead atoms. The second kappa shape index (κ2) is 16.0. The van der Waals surface area contributed by atoms with Gasteiger partial charge >= 0.3 is 11.4 Å². The van der Waals surface area contributed by atoms with Gasteiger partial charge in [0.05, 0.1) is 33.1 Å². The van der Waals surface area contributed by atoms with E-state index < -0.39 is 9.85 Å². The van der Waals surface area contributed by atoms with Crippen LogP contribution in [0.5, 0.6) is 0 Å². The molecule has 15 heteroatoms. The van der Waals surface area contributed by atoms with Gasteiger partial charge in [0, 0.05) is 31.8 Å². The maximum Gasteiger partial charge on any atom is 0.311 e. The lowest BCUT2D eigenvalue weighted by Gasteiger charge is -2.27. The van der Waals surface area contributed by atoms with Crippen LogP contribution in [-0.4, -0.2) is 54.3 Å². The van der Waals surface area contributed by atoms with Crippen molar-refractivity contribution in [3.63, 3.8) is 0 Å². The molecule has 2 aliphatic carbocycles. The van der Waals surface area contributed by atoms with Crippen LogP contribution in [0.25, 0.3) is 21.8 Å². The van der Waals surface area contributed by atoms with E-state index in [1.54, 1.807) is 18.2 Å². The third-order valence-corrected chi connectivity index (χ3v) is 9.02. The lowest BCUT2D eigenvalue weighted by Crippen LogP contribution is -2.30. The normalized spacial score (nSPS) is 21.2. The highest BCUT2D eigenvalue weighted by molar-refractivity contribution is 9.10. The van der Waals surface area contributed by atoms with Crippen LogP contribution in [0.4, 0.5) is 17.1 Å². The Labute approximate surface area is 280 Å². The van der Waals surface area contributed by atoms with Gasteiger partial charge in [0.25, 0.3) is 0 Å². The quantitative estimate of drug-likeness (QED) is 0.120. The molecule has 2 aromatic carbocycles. The molecule has 2 aliphatic rings. The SMILES string of the molecule is NC1CCCC(O)C1.O=[N+]([O-])c1cnc2ccc(Br)cc2c1Cl.O=[N+]([O-])c1cnc2ccc(Br)cc2c1NC1CCCC(O)C1. The monoisotopic (exact) mass is 766 g/mol. The number of pyridine rings is 2. The Morgan fingerprint density at radius 2 is 1.36 bits per heavy atom. The maximum absolute atomic E-state index is 11.3. The van der Waals surface area contributed by atoms with Crippen LogP contribution in [0.15, 0.2) is 57.7 Å². The molecular weight excluding hydrogens is 736 g/mol. The Hall–Kier alpha value is -3.01. The number of fused-ring (bicyclic) bond motifs is 2. The third-order valence-electron chi connectivity index (χ3n) is 7.63. The minimum absolute atomic E-state index is 0.0343. The van der Waals surface area contributed by atoms with Gasteiger partial charge in [-0.25, -0.2) is 9.97 Å². The first kappa shape index (κ1) is 34.9. The number of halogens is 3. The third kappa shape index (κ3) is 9.50. The molecule has 240 valence electrons. The number of hydrogen-bond donors (Lipinski definition) is 4. The maximum atomic E-state index is 11.3. The molecule has 0 amide bonds. The Balaban J connectivity index is 0.000000172. The summed E-state index contributed by atoms with van der Waals surface area (Å²) in [6.45, 7) is 0.